The molecule has 2 aliphatic heterocycles. The summed E-state index contributed by atoms with van der Waals surface area (Å²) in [5, 5.41) is 7.63. The Labute approximate surface area is 243 Å². The Bertz CT molecular complexity index is 1420. The molecule has 7 nitrogen and oxygen atoms in total. The quantitative estimate of drug-likeness (QED) is 0.278. The monoisotopic (exact) mass is 580 g/mol. The van der Waals surface area contributed by atoms with Crippen molar-refractivity contribution >= 4 is 34.7 Å². The van der Waals surface area contributed by atoms with E-state index in [4.69, 9.17) is 42.1 Å². The maximum absolute atomic E-state index is 13.6. The average molecular weight is 581 g/mol. The molecule has 0 aromatic heterocycles. The van der Waals surface area contributed by atoms with E-state index in [1.165, 1.54) is 0 Å². The van der Waals surface area contributed by atoms with Crippen LogP contribution in [0.1, 0.15) is 36.4 Å². The Kier molecular flexibility index (Phi) is 8.05. The summed E-state index contributed by atoms with van der Waals surface area (Å²) in [6.45, 7) is 2.34. The van der Waals surface area contributed by atoms with Crippen molar-refractivity contribution in [2.24, 2.45) is 5.92 Å². The van der Waals surface area contributed by atoms with Crippen LogP contribution in [0.4, 0.5) is 0 Å². The van der Waals surface area contributed by atoms with Gasteiger partial charge in [0.25, 0.3) is 0 Å². The number of halogens is 2. The highest BCUT2D eigenvalue weighted by molar-refractivity contribution is 6.42. The van der Waals surface area contributed by atoms with E-state index in [0.29, 0.717) is 47.2 Å². The van der Waals surface area contributed by atoms with Crippen LogP contribution >= 0.6 is 23.2 Å². The van der Waals surface area contributed by atoms with Crippen molar-refractivity contribution in [3.8, 4) is 23.0 Å². The first-order valence-electron chi connectivity index (χ1n) is 13.5. The molecule has 3 aliphatic rings. The molecular weight excluding hydrogens is 551 g/mol. The molecule has 3 aromatic rings. The molecule has 3 aromatic carbocycles. The zero-order valence-corrected chi connectivity index (χ0v) is 23.4. The number of carbonyl (C=O) groups is 1. The lowest BCUT2D eigenvalue weighted by atomic mass is 9.93. The second kappa shape index (κ2) is 12.0. The van der Waals surface area contributed by atoms with E-state index in [9.17, 15) is 4.79 Å². The zero-order valence-electron chi connectivity index (χ0n) is 21.9. The molecule has 1 fully saturated rings. The molecule has 1 aliphatic carbocycles. The molecule has 1 amide bonds. The summed E-state index contributed by atoms with van der Waals surface area (Å²) in [5.74, 6) is 3.14. The summed E-state index contributed by atoms with van der Waals surface area (Å²) in [6.07, 6.45) is 2.88. The smallest absolute Gasteiger partial charge is 0.249 e. The van der Waals surface area contributed by atoms with Crippen molar-refractivity contribution in [2.45, 2.75) is 25.3 Å². The largest absolute Gasteiger partial charge is 0.490 e. The van der Waals surface area contributed by atoms with Crippen molar-refractivity contribution in [3.05, 3.63) is 87.4 Å². The Morgan fingerprint density at radius 1 is 0.975 bits per heavy atom. The predicted molar refractivity (Wildman–Crippen MR) is 154 cm³/mol. The van der Waals surface area contributed by atoms with E-state index in [1.54, 1.807) is 6.07 Å². The summed E-state index contributed by atoms with van der Waals surface area (Å²) in [7, 11) is 0. The third-order valence-electron chi connectivity index (χ3n) is 7.36. The number of hydrogen-bond donors (Lipinski definition) is 2. The number of nitrogens with one attached hydrogen (secondary N) is 2. The third kappa shape index (κ3) is 6.02. The summed E-state index contributed by atoms with van der Waals surface area (Å²) >= 11 is 12.8. The molecule has 40 heavy (non-hydrogen) atoms. The van der Waals surface area contributed by atoms with Crippen molar-refractivity contribution in [2.75, 3.05) is 33.1 Å². The number of rotatable bonds is 10. The van der Waals surface area contributed by atoms with E-state index in [-0.39, 0.29) is 18.7 Å². The molecular formula is C31H30Cl2N2O5. The summed E-state index contributed by atoms with van der Waals surface area (Å²) in [4.78, 5) is 13.6. The van der Waals surface area contributed by atoms with Gasteiger partial charge in [0, 0.05) is 18.2 Å². The molecule has 2 heterocycles. The van der Waals surface area contributed by atoms with Crippen molar-refractivity contribution < 1.29 is 23.7 Å². The average Bonchev–Trinajstić information content (AvgIpc) is 3.72. The van der Waals surface area contributed by atoms with Crippen LogP contribution in [0.5, 0.6) is 23.0 Å². The van der Waals surface area contributed by atoms with Gasteiger partial charge in [-0.2, -0.15) is 0 Å². The van der Waals surface area contributed by atoms with Crippen LogP contribution in [-0.2, 0) is 4.79 Å². The number of amides is 1. The minimum Gasteiger partial charge on any atom is -0.490 e. The second-order valence-corrected chi connectivity index (χ2v) is 10.8. The fraction of sp³-hybridized carbons (Fsp3) is 0.323. The van der Waals surface area contributed by atoms with Gasteiger partial charge in [-0.1, -0.05) is 47.5 Å². The lowest BCUT2D eigenvalue weighted by Crippen LogP contribution is -2.37. The van der Waals surface area contributed by atoms with Gasteiger partial charge in [-0.3, -0.25) is 4.79 Å². The Hall–Kier alpha value is -3.39. The van der Waals surface area contributed by atoms with Crippen molar-refractivity contribution in [3.63, 3.8) is 0 Å². The standard InChI is InChI=1S/C31H30Cl2N2O5/c32-26-3-1-2-24(29(26)33)30(20-4-5-20)35-31(36)25-17-34-13-12-23(25)19-6-8-21(9-7-19)37-14-15-38-22-10-11-27-28(16-22)40-18-39-27/h1-3,6-11,16,20,30,34H,4-5,12-15,17-18H2,(H,35,36). The molecule has 0 bridgehead atoms. The van der Waals surface area contributed by atoms with Crippen molar-refractivity contribution in [1.29, 1.82) is 0 Å². The van der Waals surface area contributed by atoms with Gasteiger partial charge in [0.2, 0.25) is 12.7 Å². The molecule has 208 valence electrons. The topological polar surface area (TPSA) is 78.1 Å². The fourth-order valence-electron chi connectivity index (χ4n) is 5.13. The molecule has 0 radical (unpaired) electrons. The molecule has 0 spiro atoms. The Morgan fingerprint density at radius 2 is 1.73 bits per heavy atom. The van der Waals surface area contributed by atoms with Crippen LogP contribution in [0, 0.1) is 5.92 Å². The lowest BCUT2D eigenvalue weighted by molar-refractivity contribution is -0.118. The first kappa shape index (κ1) is 26.8. The van der Waals surface area contributed by atoms with Gasteiger partial charge in [-0.05, 0) is 78.8 Å². The molecule has 9 heteroatoms. The summed E-state index contributed by atoms with van der Waals surface area (Å²) in [5.41, 5.74) is 3.68. The Balaban J connectivity index is 1.09. The van der Waals surface area contributed by atoms with Crippen LogP contribution in [0.15, 0.2) is 66.2 Å². The van der Waals surface area contributed by atoms with Crippen LogP contribution in [0.25, 0.3) is 5.57 Å². The zero-order chi connectivity index (χ0) is 27.5. The lowest BCUT2D eigenvalue weighted by Gasteiger charge is -2.25. The number of carbonyl (C=O) groups excluding carboxylic acids is 1. The Morgan fingerprint density at radius 3 is 2.52 bits per heavy atom. The van der Waals surface area contributed by atoms with Gasteiger partial charge in [-0.15, -0.1) is 0 Å². The highest BCUT2D eigenvalue weighted by atomic mass is 35.5. The van der Waals surface area contributed by atoms with Gasteiger partial charge >= 0.3 is 0 Å². The summed E-state index contributed by atoms with van der Waals surface area (Å²) in [6, 6.07) is 18.8. The molecule has 1 atom stereocenters. The second-order valence-electron chi connectivity index (χ2n) is 10.1. The van der Waals surface area contributed by atoms with Crippen LogP contribution in [0.2, 0.25) is 10.0 Å². The molecule has 1 unspecified atom stereocenters. The van der Waals surface area contributed by atoms with Gasteiger partial charge in [-0.25, -0.2) is 0 Å². The van der Waals surface area contributed by atoms with Crippen LogP contribution < -0.4 is 29.6 Å². The van der Waals surface area contributed by atoms with E-state index < -0.39 is 0 Å². The predicted octanol–water partition coefficient (Wildman–Crippen LogP) is 6.19. The highest BCUT2D eigenvalue weighted by Gasteiger charge is 2.36. The van der Waals surface area contributed by atoms with Gasteiger partial charge < -0.3 is 29.6 Å². The van der Waals surface area contributed by atoms with Gasteiger partial charge in [0.05, 0.1) is 16.1 Å². The molecule has 6 rings (SSSR count). The first-order chi connectivity index (χ1) is 19.6. The normalized spacial score (nSPS) is 16.9. The molecule has 1 saturated carbocycles. The molecule has 2 N–H and O–H groups in total. The highest BCUT2D eigenvalue weighted by Crippen LogP contribution is 2.44. The maximum atomic E-state index is 13.6. The maximum Gasteiger partial charge on any atom is 0.249 e. The third-order valence-corrected chi connectivity index (χ3v) is 8.19. The number of benzene rings is 3. The molecule has 0 saturated heterocycles. The van der Waals surface area contributed by atoms with E-state index in [1.807, 2.05) is 54.6 Å². The fourth-order valence-corrected chi connectivity index (χ4v) is 5.55. The van der Waals surface area contributed by atoms with E-state index in [0.717, 1.165) is 59.6 Å². The van der Waals surface area contributed by atoms with E-state index in [2.05, 4.69) is 10.6 Å². The van der Waals surface area contributed by atoms with Gasteiger partial charge in [0.15, 0.2) is 11.5 Å². The SMILES string of the molecule is O=C(NC(c1cccc(Cl)c1Cl)C1CC1)C1=C(c2ccc(OCCOc3ccc4c(c3)OCO4)cc2)CCNC1. The number of fused-ring (bicyclic) bond motifs is 1. The van der Waals surface area contributed by atoms with Crippen LogP contribution in [-0.4, -0.2) is 39.0 Å². The minimum atomic E-state index is -0.162. The first-order valence-corrected chi connectivity index (χ1v) is 14.3. The van der Waals surface area contributed by atoms with Gasteiger partial charge in [0.1, 0.15) is 24.7 Å². The van der Waals surface area contributed by atoms with Crippen LogP contribution in [0.3, 0.4) is 0 Å². The number of hydrogen-bond acceptors (Lipinski definition) is 6. The van der Waals surface area contributed by atoms with E-state index >= 15 is 0 Å². The van der Waals surface area contributed by atoms with Crippen molar-refractivity contribution in [1.82, 2.24) is 10.6 Å². The number of ether oxygens (including phenoxy) is 4. The minimum absolute atomic E-state index is 0.0730. The summed E-state index contributed by atoms with van der Waals surface area (Å²) < 4.78 is 22.4.